The Kier molecular flexibility index (Phi) is 4.24. The van der Waals surface area contributed by atoms with Crippen molar-refractivity contribution in [3.63, 3.8) is 0 Å². The lowest BCUT2D eigenvalue weighted by molar-refractivity contribution is -0.131. The largest absolute Gasteiger partial charge is 0.448 e. The average Bonchev–Trinajstić information content (AvgIpc) is 3.07. The highest BCUT2D eigenvalue weighted by atomic mass is 16.5. The van der Waals surface area contributed by atoms with Crippen LogP contribution < -0.4 is 5.32 Å². The SMILES string of the molecule is O=C1OC(C(=O)NCC2CN3CCCC3CO2)Cc2ccccc21. The summed E-state index contributed by atoms with van der Waals surface area (Å²) in [6, 6.07) is 7.82. The number of nitrogens with one attached hydrogen (secondary N) is 1. The second-order valence-electron chi connectivity index (χ2n) is 6.75. The fraction of sp³-hybridized carbons (Fsp3) is 0.556. The monoisotopic (exact) mass is 330 g/mol. The van der Waals surface area contributed by atoms with E-state index >= 15 is 0 Å². The number of benzene rings is 1. The minimum absolute atomic E-state index is 0.00915. The van der Waals surface area contributed by atoms with Crippen molar-refractivity contribution in [2.75, 3.05) is 26.2 Å². The molecule has 1 aromatic rings. The molecule has 0 bridgehead atoms. The summed E-state index contributed by atoms with van der Waals surface area (Å²) in [5.74, 6) is -0.671. The summed E-state index contributed by atoms with van der Waals surface area (Å²) >= 11 is 0. The van der Waals surface area contributed by atoms with Gasteiger partial charge in [0.25, 0.3) is 5.91 Å². The normalized spacial score (nSPS) is 29.5. The van der Waals surface area contributed by atoms with E-state index in [9.17, 15) is 9.59 Å². The predicted octanol–water partition coefficient (Wildman–Crippen LogP) is 0.748. The first-order valence-corrected chi connectivity index (χ1v) is 8.63. The molecule has 1 N–H and O–H groups in total. The third-order valence-electron chi connectivity index (χ3n) is 5.15. The van der Waals surface area contributed by atoms with Gasteiger partial charge in [-0.25, -0.2) is 4.79 Å². The number of hydrogen-bond acceptors (Lipinski definition) is 5. The maximum Gasteiger partial charge on any atom is 0.339 e. The molecule has 3 atom stereocenters. The molecule has 3 heterocycles. The molecule has 3 aliphatic heterocycles. The van der Waals surface area contributed by atoms with Crippen LogP contribution in [0.3, 0.4) is 0 Å². The molecule has 3 unspecified atom stereocenters. The molecule has 0 spiro atoms. The Morgan fingerprint density at radius 2 is 2.21 bits per heavy atom. The molecule has 0 aromatic heterocycles. The zero-order valence-electron chi connectivity index (χ0n) is 13.6. The number of ether oxygens (including phenoxy) is 2. The fourth-order valence-corrected chi connectivity index (χ4v) is 3.82. The van der Waals surface area contributed by atoms with Gasteiger partial charge < -0.3 is 14.8 Å². The van der Waals surface area contributed by atoms with Crippen molar-refractivity contribution in [1.29, 1.82) is 0 Å². The van der Waals surface area contributed by atoms with Gasteiger partial charge >= 0.3 is 5.97 Å². The maximum absolute atomic E-state index is 12.4. The van der Waals surface area contributed by atoms with Gasteiger partial charge in [0, 0.05) is 25.6 Å². The van der Waals surface area contributed by atoms with Crippen molar-refractivity contribution in [2.24, 2.45) is 0 Å². The Morgan fingerprint density at radius 3 is 3.12 bits per heavy atom. The van der Waals surface area contributed by atoms with E-state index in [1.807, 2.05) is 12.1 Å². The molecular formula is C18H22N2O4. The van der Waals surface area contributed by atoms with E-state index in [-0.39, 0.29) is 12.0 Å². The Labute approximate surface area is 141 Å². The van der Waals surface area contributed by atoms with Gasteiger partial charge in [0.15, 0.2) is 6.10 Å². The first kappa shape index (κ1) is 15.6. The average molecular weight is 330 g/mol. The van der Waals surface area contributed by atoms with Crippen molar-refractivity contribution in [2.45, 2.75) is 37.5 Å². The lowest BCUT2D eigenvalue weighted by Gasteiger charge is -2.35. The van der Waals surface area contributed by atoms with Gasteiger partial charge in [0.05, 0.1) is 18.3 Å². The molecule has 24 heavy (non-hydrogen) atoms. The number of esters is 1. The van der Waals surface area contributed by atoms with Crippen LogP contribution in [0.2, 0.25) is 0 Å². The van der Waals surface area contributed by atoms with Gasteiger partial charge in [-0.05, 0) is 31.0 Å². The van der Waals surface area contributed by atoms with Crippen LogP contribution in [0, 0.1) is 0 Å². The molecule has 2 fully saturated rings. The summed E-state index contributed by atoms with van der Waals surface area (Å²) in [7, 11) is 0. The molecule has 2 saturated heterocycles. The summed E-state index contributed by atoms with van der Waals surface area (Å²) in [6.07, 6.45) is 2.11. The molecule has 128 valence electrons. The molecule has 0 radical (unpaired) electrons. The van der Waals surface area contributed by atoms with Crippen LogP contribution in [0.5, 0.6) is 0 Å². The van der Waals surface area contributed by atoms with E-state index in [1.54, 1.807) is 12.1 Å². The van der Waals surface area contributed by atoms with Crippen LogP contribution in [-0.4, -0.2) is 61.3 Å². The van der Waals surface area contributed by atoms with E-state index in [0.717, 1.165) is 25.3 Å². The molecule has 4 rings (SSSR count). The molecule has 1 aromatic carbocycles. The molecule has 0 aliphatic carbocycles. The molecule has 3 aliphatic rings. The highest BCUT2D eigenvalue weighted by molar-refractivity contribution is 5.95. The smallest absolute Gasteiger partial charge is 0.339 e. The first-order chi connectivity index (χ1) is 11.7. The molecule has 6 nitrogen and oxygen atoms in total. The minimum atomic E-state index is -0.754. The van der Waals surface area contributed by atoms with Gasteiger partial charge in [-0.15, -0.1) is 0 Å². The van der Waals surface area contributed by atoms with Gasteiger partial charge in [-0.3, -0.25) is 9.69 Å². The van der Waals surface area contributed by atoms with Crippen LogP contribution in [-0.2, 0) is 20.7 Å². The fourth-order valence-electron chi connectivity index (χ4n) is 3.82. The van der Waals surface area contributed by atoms with Crippen LogP contribution in [0.1, 0.15) is 28.8 Å². The second kappa shape index (κ2) is 6.53. The number of amides is 1. The zero-order chi connectivity index (χ0) is 16.5. The van der Waals surface area contributed by atoms with Crippen molar-refractivity contribution in [3.8, 4) is 0 Å². The standard InChI is InChI=1S/C18H22N2O4/c21-17(16-8-12-4-1-2-6-15(12)18(22)24-16)19-9-14-10-20-7-3-5-13(20)11-23-14/h1-2,4,6,13-14,16H,3,5,7-11H2,(H,19,21). The number of nitrogens with zero attached hydrogens (tertiary/aromatic N) is 1. The quantitative estimate of drug-likeness (QED) is 0.828. The van der Waals surface area contributed by atoms with Gasteiger partial charge in [0.2, 0.25) is 0 Å². The summed E-state index contributed by atoms with van der Waals surface area (Å²) in [4.78, 5) is 26.8. The number of carbonyl (C=O) groups excluding carboxylic acids is 2. The topological polar surface area (TPSA) is 67.9 Å². The predicted molar refractivity (Wildman–Crippen MR) is 86.7 cm³/mol. The Bertz CT molecular complexity index is 648. The molecule has 6 heteroatoms. The van der Waals surface area contributed by atoms with E-state index < -0.39 is 12.1 Å². The van der Waals surface area contributed by atoms with Crippen molar-refractivity contribution >= 4 is 11.9 Å². The summed E-state index contributed by atoms with van der Waals surface area (Å²) in [6.45, 7) is 3.18. The summed E-state index contributed by atoms with van der Waals surface area (Å²) < 4.78 is 11.1. The summed E-state index contributed by atoms with van der Waals surface area (Å²) in [5.41, 5.74) is 1.42. The zero-order valence-corrected chi connectivity index (χ0v) is 13.6. The third-order valence-corrected chi connectivity index (χ3v) is 5.15. The number of hydrogen-bond donors (Lipinski definition) is 1. The Balaban J connectivity index is 1.31. The van der Waals surface area contributed by atoms with Crippen molar-refractivity contribution in [3.05, 3.63) is 35.4 Å². The molecular weight excluding hydrogens is 308 g/mol. The number of cyclic esters (lactones) is 1. The lowest BCUT2D eigenvalue weighted by Crippen LogP contribution is -2.51. The van der Waals surface area contributed by atoms with Crippen LogP contribution >= 0.6 is 0 Å². The van der Waals surface area contributed by atoms with E-state index in [1.165, 1.54) is 12.8 Å². The third kappa shape index (κ3) is 3.03. The highest BCUT2D eigenvalue weighted by Gasteiger charge is 2.34. The molecule has 1 amide bonds. The van der Waals surface area contributed by atoms with Crippen LogP contribution in [0.4, 0.5) is 0 Å². The summed E-state index contributed by atoms with van der Waals surface area (Å²) in [5, 5.41) is 2.89. The number of rotatable bonds is 3. The van der Waals surface area contributed by atoms with Crippen LogP contribution in [0.25, 0.3) is 0 Å². The van der Waals surface area contributed by atoms with E-state index in [2.05, 4.69) is 10.2 Å². The Hall–Kier alpha value is -1.92. The number of fused-ring (bicyclic) bond motifs is 2. The Morgan fingerprint density at radius 1 is 1.33 bits per heavy atom. The van der Waals surface area contributed by atoms with Gasteiger partial charge in [-0.1, -0.05) is 18.2 Å². The van der Waals surface area contributed by atoms with Crippen molar-refractivity contribution in [1.82, 2.24) is 10.2 Å². The van der Waals surface area contributed by atoms with E-state index in [4.69, 9.17) is 9.47 Å². The van der Waals surface area contributed by atoms with E-state index in [0.29, 0.717) is 24.6 Å². The molecule has 0 saturated carbocycles. The second-order valence-corrected chi connectivity index (χ2v) is 6.75. The van der Waals surface area contributed by atoms with Crippen molar-refractivity contribution < 1.29 is 19.1 Å². The van der Waals surface area contributed by atoms with Gasteiger partial charge in [0.1, 0.15) is 0 Å². The number of morpholine rings is 1. The highest BCUT2D eigenvalue weighted by Crippen LogP contribution is 2.23. The number of carbonyl (C=O) groups is 2. The maximum atomic E-state index is 12.4. The first-order valence-electron chi connectivity index (χ1n) is 8.63. The van der Waals surface area contributed by atoms with Gasteiger partial charge in [-0.2, -0.15) is 0 Å². The lowest BCUT2D eigenvalue weighted by atomic mass is 9.98. The minimum Gasteiger partial charge on any atom is -0.448 e. The van der Waals surface area contributed by atoms with Crippen LogP contribution in [0.15, 0.2) is 24.3 Å².